The van der Waals surface area contributed by atoms with E-state index < -0.39 is 39.5 Å². The molecule has 1 aliphatic heterocycles. The molecule has 28 heavy (non-hydrogen) atoms. The van der Waals surface area contributed by atoms with E-state index in [-0.39, 0.29) is 30.2 Å². The van der Waals surface area contributed by atoms with Crippen molar-refractivity contribution in [2.75, 3.05) is 25.0 Å². The molecule has 1 fully saturated rings. The Balaban J connectivity index is 1.69. The first-order valence-electron chi connectivity index (χ1n) is 8.47. The van der Waals surface area contributed by atoms with E-state index in [4.69, 9.17) is 0 Å². The fourth-order valence-electron chi connectivity index (χ4n) is 3.01. The van der Waals surface area contributed by atoms with Gasteiger partial charge in [0, 0.05) is 31.7 Å². The third kappa shape index (κ3) is 4.12. The van der Waals surface area contributed by atoms with Crippen LogP contribution in [0.1, 0.15) is 6.92 Å². The number of nitrogens with one attached hydrogen (secondary N) is 1. The molecule has 10 heteroatoms. The summed E-state index contributed by atoms with van der Waals surface area (Å²) in [5.41, 5.74) is -0.166. The van der Waals surface area contributed by atoms with Gasteiger partial charge in [0.05, 0.1) is 10.6 Å². The molecule has 1 N–H and O–H groups in total. The van der Waals surface area contributed by atoms with Gasteiger partial charge in [-0.2, -0.15) is 4.31 Å². The molecule has 1 heterocycles. The third-order valence-electron chi connectivity index (χ3n) is 4.45. The average molecular weight is 413 g/mol. The quantitative estimate of drug-likeness (QED) is 0.841. The molecule has 2 amide bonds. The van der Waals surface area contributed by atoms with E-state index in [1.807, 2.05) is 0 Å². The predicted octanol–water partition coefficient (Wildman–Crippen LogP) is 3.03. The van der Waals surface area contributed by atoms with E-state index >= 15 is 0 Å². The van der Waals surface area contributed by atoms with Gasteiger partial charge in [-0.05, 0) is 43.3 Å². The minimum atomic E-state index is -3.84. The highest BCUT2D eigenvalue weighted by atomic mass is 32.2. The van der Waals surface area contributed by atoms with Crippen molar-refractivity contribution >= 4 is 21.7 Å². The van der Waals surface area contributed by atoms with Gasteiger partial charge in [0.1, 0.15) is 17.5 Å². The summed E-state index contributed by atoms with van der Waals surface area (Å²) in [6.07, 6.45) is 0. The number of carbonyl (C=O) groups excluding carboxylic acids is 1. The Morgan fingerprint density at radius 1 is 1.04 bits per heavy atom. The highest BCUT2D eigenvalue weighted by molar-refractivity contribution is 7.89. The van der Waals surface area contributed by atoms with Crippen LogP contribution in [0.4, 0.5) is 23.7 Å². The van der Waals surface area contributed by atoms with Crippen LogP contribution in [0.5, 0.6) is 0 Å². The lowest BCUT2D eigenvalue weighted by molar-refractivity contribution is 0.157. The Labute approximate surface area is 160 Å². The van der Waals surface area contributed by atoms with E-state index in [0.717, 1.165) is 24.3 Å². The van der Waals surface area contributed by atoms with Crippen molar-refractivity contribution in [1.82, 2.24) is 9.21 Å². The van der Waals surface area contributed by atoms with Gasteiger partial charge in [-0.15, -0.1) is 0 Å². The molecule has 0 aromatic heterocycles. The normalized spacial score (nSPS) is 18.1. The van der Waals surface area contributed by atoms with Crippen LogP contribution in [0.2, 0.25) is 0 Å². The predicted molar refractivity (Wildman–Crippen MR) is 96.7 cm³/mol. The van der Waals surface area contributed by atoms with E-state index in [0.29, 0.717) is 6.07 Å². The zero-order valence-corrected chi connectivity index (χ0v) is 15.7. The van der Waals surface area contributed by atoms with Crippen molar-refractivity contribution in [1.29, 1.82) is 0 Å². The summed E-state index contributed by atoms with van der Waals surface area (Å²) >= 11 is 0. The molecule has 1 saturated heterocycles. The minimum Gasteiger partial charge on any atom is -0.322 e. The standard InChI is InChI=1S/C18H18F3N3O3S/c1-12-11-23(18(25)22-17-7-4-14(20)10-16(17)21)8-9-24(12)28(26,27)15-5-2-13(19)3-6-15/h2-7,10,12H,8-9,11H2,1H3,(H,22,25)/t12-/m0/s1. The van der Waals surface area contributed by atoms with Crippen LogP contribution >= 0.6 is 0 Å². The Kier molecular flexibility index (Phi) is 5.61. The molecule has 150 valence electrons. The van der Waals surface area contributed by atoms with E-state index in [1.54, 1.807) is 6.92 Å². The maximum Gasteiger partial charge on any atom is 0.322 e. The molecular formula is C18H18F3N3O3S. The summed E-state index contributed by atoms with van der Waals surface area (Å²) in [6.45, 7) is 1.83. The van der Waals surface area contributed by atoms with E-state index in [9.17, 15) is 26.4 Å². The maximum atomic E-state index is 13.7. The Hall–Kier alpha value is -2.59. The fraction of sp³-hybridized carbons (Fsp3) is 0.278. The summed E-state index contributed by atoms with van der Waals surface area (Å²) in [6, 6.07) is 6.14. The zero-order valence-electron chi connectivity index (χ0n) is 14.9. The van der Waals surface area contributed by atoms with Crippen molar-refractivity contribution in [2.45, 2.75) is 17.9 Å². The van der Waals surface area contributed by atoms with Gasteiger partial charge in [-0.3, -0.25) is 0 Å². The van der Waals surface area contributed by atoms with Crippen molar-refractivity contribution in [3.05, 3.63) is 59.9 Å². The van der Waals surface area contributed by atoms with Crippen LogP contribution in [-0.4, -0.2) is 49.3 Å². The van der Waals surface area contributed by atoms with Gasteiger partial charge in [0.25, 0.3) is 0 Å². The smallest absolute Gasteiger partial charge is 0.322 e. The zero-order chi connectivity index (χ0) is 20.5. The van der Waals surface area contributed by atoms with E-state index in [2.05, 4.69) is 5.32 Å². The van der Waals surface area contributed by atoms with Crippen LogP contribution in [0, 0.1) is 17.5 Å². The molecule has 1 aliphatic rings. The molecule has 6 nitrogen and oxygen atoms in total. The lowest BCUT2D eigenvalue weighted by atomic mass is 10.2. The van der Waals surface area contributed by atoms with Gasteiger partial charge in [-0.1, -0.05) is 0 Å². The number of sulfonamides is 1. The second-order valence-corrected chi connectivity index (χ2v) is 8.31. The summed E-state index contributed by atoms with van der Waals surface area (Å²) in [7, 11) is -3.84. The Bertz CT molecular complexity index is 983. The van der Waals surface area contributed by atoms with Crippen LogP contribution in [-0.2, 0) is 10.0 Å². The second kappa shape index (κ2) is 7.80. The number of rotatable bonds is 3. The van der Waals surface area contributed by atoms with Gasteiger partial charge < -0.3 is 10.2 Å². The topological polar surface area (TPSA) is 69.7 Å². The van der Waals surface area contributed by atoms with Gasteiger partial charge in [0.15, 0.2) is 0 Å². The van der Waals surface area contributed by atoms with Gasteiger partial charge in [0.2, 0.25) is 10.0 Å². The third-order valence-corrected chi connectivity index (χ3v) is 6.47. The average Bonchev–Trinajstić information content (AvgIpc) is 2.64. The first-order chi connectivity index (χ1) is 13.2. The van der Waals surface area contributed by atoms with Crippen LogP contribution < -0.4 is 5.32 Å². The molecule has 3 rings (SSSR count). The summed E-state index contributed by atoms with van der Waals surface area (Å²) in [5.74, 6) is -2.20. The molecule has 0 saturated carbocycles. The maximum absolute atomic E-state index is 13.7. The van der Waals surface area contributed by atoms with Crippen LogP contribution in [0.15, 0.2) is 47.4 Å². The highest BCUT2D eigenvalue weighted by Gasteiger charge is 2.35. The Morgan fingerprint density at radius 2 is 1.68 bits per heavy atom. The number of urea groups is 1. The molecule has 0 radical (unpaired) electrons. The SMILES string of the molecule is C[C@H]1CN(C(=O)Nc2ccc(F)cc2F)CCN1S(=O)(=O)c1ccc(F)cc1. The van der Waals surface area contributed by atoms with Crippen molar-refractivity contribution in [3.63, 3.8) is 0 Å². The van der Waals surface area contributed by atoms with Crippen LogP contribution in [0.3, 0.4) is 0 Å². The summed E-state index contributed by atoms with van der Waals surface area (Å²) < 4.78 is 66.5. The lowest BCUT2D eigenvalue weighted by Crippen LogP contribution is -2.56. The molecule has 0 bridgehead atoms. The molecule has 0 unspecified atom stereocenters. The lowest BCUT2D eigenvalue weighted by Gasteiger charge is -2.38. The Morgan fingerprint density at radius 3 is 2.29 bits per heavy atom. The van der Waals surface area contributed by atoms with Gasteiger partial charge in [-0.25, -0.2) is 26.4 Å². The van der Waals surface area contributed by atoms with Crippen molar-refractivity contribution in [2.24, 2.45) is 0 Å². The monoisotopic (exact) mass is 413 g/mol. The number of halogens is 3. The minimum absolute atomic E-state index is 0.0280. The molecule has 2 aromatic carbocycles. The van der Waals surface area contributed by atoms with Gasteiger partial charge >= 0.3 is 6.03 Å². The number of anilines is 1. The van der Waals surface area contributed by atoms with Crippen molar-refractivity contribution in [3.8, 4) is 0 Å². The van der Waals surface area contributed by atoms with Crippen LogP contribution in [0.25, 0.3) is 0 Å². The van der Waals surface area contributed by atoms with Crippen molar-refractivity contribution < 1.29 is 26.4 Å². The number of carbonyl (C=O) groups is 1. The molecule has 0 aliphatic carbocycles. The highest BCUT2D eigenvalue weighted by Crippen LogP contribution is 2.22. The number of piperazine rings is 1. The number of hydrogen-bond acceptors (Lipinski definition) is 3. The number of benzene rings is 2. The number of nitrogens with zero attached hydrogens (tertiary/aromatic N) is 2. The molecular weight excluding hydrogens is 395 g/mol. The summed E-state index contributed by atoms with van der Waals surface area (Å²) in [4.78, 5) is 13.7. The summed E-state index contributed by atoms with van der Waals surface area (Å²) in [5, 5.41) is 2.35. The number of hydrogen-bond donors (Lipinski definition) is 1. The first-order valence-corrected chi connectivity index (χ1v) is 9.91. The number of amides is 2. The fourth-order valence-corrected chi connectivity index (χ4v) is 4.62. The molecule has 2 aromatic rings. The second-order valence-electron chi connectivity index (χ2n) is 6.42. The molecule has 1 atom stereocenters. The largest absolute Gasteiger partial charge is 0.322 e. The molecule has 0 spiro atoms. The first kappa shape index (κ1) is 20.2. The van der Waals surface area contributed by atoms with E-state index in [1.165, 1.54) is 21.3 Å².